The van der Waals surface area contributed by atoms with E-state index in [0.717, 1.165) is 43.1 Å². The predicted octanol–water partition coefficient (Wildman–Crippen LogP) is 4.19. The van der Waals surface area contributed by atoms with Crippen LogP contribution in [0, 0.1) is 0 Å². The van der Waals surface area contributed by atoms with Crippen molar-refractivity contribution in [3.8, 4) is 5.75 Å². The second-order valence-corrected chi connectivity index (χ2v) is 6.67. The molecule has 0 saturated carbocycles. The molecule has 124 valence electrons. The first-order valence-corrected chi connectivity index (χ1v) is 8.36. The summed E-state index contributed by atoms with van der Waals surface area (Å²) < 4.78 is 10.8. The molecule has 0 spiro atoms. The Morgan fingerprint density at radius 1 is 1.43 bits per heavy atom. The third-order valence-corrected chi connectivity index (χ3v) is 4.47. The zero-order valence-corrected chi connectivity index (χ0v) is 14.5. The number of benzene rings is 1. The summed E-state index contributed by atoms with van der Waals surface area (Å²) >= 11 is 6.04. The minimum absolute atomic E-state index is 0.201. The van der Waals surface area contributed by atoms with Crippen LogP contribution < -0.4 is 4.74 Å². The van der Waals surface area contributed by atoms with Gasteiger partial charge in [-0.3, -0.25) is 4.90 Å². The van der Waals surface area contributed by atoms with Gasteiger partial charge in [-0.05, 0) is 31.5 Å². The summed E-state index contributed by atoms with van der Waals surface area (Å²) in [7, 11) is 1.67. The quantitative estimate of drug-likeness (QED) is 0.820. The number of ether oxygens (including phenoxy) is 1. The van der Waals surface area contributed by atoms with Gasteiger partial charge in [-0.15, -0.1) is 0 Å². The molecule has 0 bridgehead atoms. The predicted molar refractivity (Wildman–Crippen MR) is 88.8 cm³/mol. The number of halogens is 1. The molecule has 1 saturated heterocycles. The van der Waals surface area contributed by atoms with Crippen molar-refractivity contribution in [2.75, 3.05) is 13.7 Å². The monoisotopic (exact) mass is 335 g/mol. The molecule has 1 aliphatic rings. The second kappa shape index (κ2) is 6.89. The standard InChI is InChI=1S/C17H22ClN3O2/c1-11(2)17-19-16(20-23-17)14-5-4-8-21(14)10-12-6-7-13(18)9-15(12)22-3/h6-7,9,11,14H,4-5,8,10H2,1-3H3/t14-/m0/s1. The van der Waals surface area contributed by atoms with E-state index in [0.29, 0.717) is 10.9 Å². The summed E-state index contributed by atoms with van der Waals surface area (Å²) in [4.78, 5) is 6.94. The SMILES string of the molecule is COc1cc(Cl)ccc1CN1CCC[C@H]1c1noc(C(C)C)n1. The minimum atomic E-state index is 0.201. The molecule has 1 aromatic heterocycles. The normalized spacial score (nSPS) is 18.7. The van der Waals surface area contributed by atoms with E-state index in [2.05, 4.69) is 28.9 Å². The molecular formula is C17H22ClN3O2. The molecule has 1 aromatic carbocycles. The van der Waals surface area contributed by atoms with Crippen molar-refractivity contribution < 1.29 is 9.26 Å². The van der Waals surface area contributed by atoms with E-state index < -0.39 is 0 Å². The average Bonchev–Trinajstić information content (AvgIpc) is 3.17. The van der Waals surface area contributed by atoms with Crippen molar-refractivity contribution >= 4 is 11.6 Å². The van der Waals surface area contributed by atoms with E-state index in [9.17, 15) is 0 Å². The minimum Gasteiger partial charge on any atom is -0.496 e. The van der Waals surface area contributed by atoms with Gasteiger partial charge in [-0.1, -0.05) is 36.7 Å². The highest BCUT2D eigenvalue weighted by Crippen LogP contribution is 2.34. The molecule has 1 atom stereocenters. The third kappa shape index (κ3) is 3.51. The largest absolute Gasteiger partial charge is 0.496 e. The van der Waals surface area contributed by atoms with E-state index >= 15 is 0 Å². The Kier molecular flexibility index (Phi) is 4.87. The Labute approximate surface area is 141 Å². The van der Waals surface area contributed by atoms with Gasteiger partial charge in [0.25, 0.3) is 0 Å². The van der Waals surface area contributed by atoms with Gasteiger partial charge in [-0.2, -0.15) is 4.98 Å². The Hall–Kier alpha value is -1.59. The Morgan fingerprint density at radius 2 is 2.26 bits per heavy atom. The molecule has 1 fully saturated rings. The molecule has 0 aliphatic carbocycles. The highest BCUT2D eigenvalue weighted by atomic mass is 35.5. The summed E-state index contributed by atoms with van der Waals surface area (Å²) in [6.45, 7) is 5.92. The molecule has 3 rings (SSSR count). The maximum Gasteiger partial charge on any atom is 0.229 e. The zero-order chi connectivity index (χ0) is 16.4. The molecule has 2 aromatic rings. The Bertz CT molecular complexity index is 672. The van der Waals surface area contributed by atoms with Crippen molar-refractivity contribution in [1.29, 1.82) is 0 Å². The third-order valence-electron chi connectivity index (χ3n) is 4.24. The van der Waals surface area contributed by atoms with E-state index in [1.54, 1.807) is 7.11 Å². The topological polar surface area (TPSA) is 51.4 Å². The lowest BCUT2D eigenvalue weighted by Crippen LogP contribution is -2.24. The van der Waals surface area contributed by atoms with Crippen LogP contribution in [0.25, 0.3) is 0 Å². The fraction of sp³-hybridized carbons (Fsp3) is 0.529. The van der Waals surface area contributed by atoms with Crippen LogP contribution in [0.1, 0.15) is 55.9 Å². The van der Waals surface area contributed by atoms with Crippen molar-refractivity contribution in [2.24, 2.45) is 0 Å². The summed E-state index contributed by atoms with van der Waals surface area (Å²) in [6, 6.07) is 5.97. The molecule has 0 radical (unpaired) electrons. The summed E-state index contributed by atoms with van der Waals surface area (Å²) in [5.41, 5.74) is 1.12. The maximum absolute atomic E-state index is 6.04. The van der Waals surface area contributed by atoms with Crippen molar-refractivity contribution in [2.45, 2.75) is 45.2 Å². The van der Waals surface area contributed by atoms with Crippen LogP contribution >= 0.6 is 11.6 Å². The number of hydrogen-bond donors (Lipinski definition) is 0. The lowest BCUT2D eigenvalue weighted by atomic mass is 10.1. The summed E-state index contributed by atoms with van der Waals surface area (Å²) in [5, 5.41) is 4.87. The Morgan fingerprint density at radius 3 is 2.96 bits per heavy atom. The lowest BCUT2D eigenvalue weighted by Gasteiger charge is -2.23. The lowest BCUT2D eigenvalue weighted by molar-refractivity contribution is 0.230. The van der Waals surface area contributed by atoms with Crippen LogP contribution in [-0.4, -0.2) is 28.7 Å². The van der Waals surface area contributed by atoms with Crippen molar-refractivity contribution in [3.05, 3.63) is 40.5 Å². The number of aromatic nitrogens is 2. The van der Waals surface area contributed by atoms with Gasteiger partial charge in [0.1, 0.15) is 5.75 Å². The van der Waals surface area contributed by atoms with E-state index in [-0.39, 0.29) is 12.0 Å². The van der Waals surface area contributed by atoms with Gasteiger partial charge in [-0.25, -0.2) is 0 Å². The summed E-state index contributed by atoms with van der Waals surface area (Å²) in [6.07, 6.45) is 2.18. The number of nitrogens with zero attached hydrogens (tertiary/aromatic N) is 3. The van der Waals surface area contributed by atoms with Crippen molar-refractivity contribution in [3.63, 3.8) is 0 Å². The fourth-order valence-corrected chi connectivity index (χ4v) is 3.15. The molecule has 6 heteroatoms. The number of likely N-dealkylation sites (tertiary alicyclic amines) is 1. The van der Waals surface area contributed by atoms with Crippen LogP contribution in [0.3, 0.4) is 0 Å². The maximum atomic E-state index is 6.04. The van der Waals surface area contributed by atoms with Crippen LogP contribution in [0.4, 0.5) is 0 Å². The van der Waals surface area contributed by atoms with Gasteiger partial charge in [0.15, 0.2) is 5.82 Å². The van der Waals surface area contributed by atoms with Gasteiger partial charge in [0, 0.05) is 23.0 Å². The highest BCUT2D eigenvalue weighted by molar-refractivity contribution is 6.30. The van der Waals surface area contributed by atoms with Crippen LogP contribution in [0.2, 0.25) is 5.02 Å². The molecule has 2 heterocycles. The highest BCUT2D eigenvalue weighted by Gasteiger charge is 2.30. The molecule has 0 unspecified atom stereocenters. The molecule has 23 heavy (non-hydrogen) atoms. The first kappa shape index (κ1) is 16.3. The molecule has 5 nitrogen and oxygen atoms in total. The van der Waals surface area contributed by atoms with Gasteiger partial charge < -0.3 is 9.26 Å². The van der Waals surface area contributed by atoms with Crippen LogP contribution in [0.15, 0.2) is 22.7 Å². The van der Waals surface area contributed by atoms with Crippen LogP contribution in [0.5, 0.6) is 5.75 Å². The first-order chi connectivity index (χ1) is 11.1. The first-order valence-electron chi connectivity index (χ1n) is 7.98. The molecule has 0 N–H and O–H groups in total. The molecule has 0 amide bonds. The van der Waals surface area contributed by atoms with Gasteiger partial charge >= 0.3 is 0 Å². The average molecular weight is 336 g/mol. The smallest absolute Gasteiger partial charge is 0.229 e. The number of hydrogen-bond acceptors (Lipinski definition) is 5. The molecule has 1 aliphatic heterocycles. The Balaban J connectivity index is 1.79. The second-order valence-electron chi connectivity index (χ2n) is 6.23. The fourth-order valence-electron chi connectivity index (χ4n) is 2.99. The van der Waals surface area contributed by atoms with Gasteiger partial charge in [0.05, 0.1) is 13.2 Å². The van der Waals surface area contributed by atoms with Gasteiger partial charge in [0.2, 0.25) is 5.89 Å². The zero-order valence-electron chi connectivity index (χ0n) is 13.8. The van der Waals surface area contributed by atoms with E-state index in [4.69, 9.17) is 20.9 Å². The number of rotatable bonds is 5. The van der Waals surface area contributed by atoms with Crippen molar-refractivity contribution in [1.82, 2.24) is 15.0 Å². The summed E-state index contributed by atoms with van der Waals surface area (Å²) in [5.74, 6) is 2.57. The molecular weight excluding hydrogens is 314 g/mol. The van der Waals surface area contributed by atoms with E-state index in [1.807, 2.05) is 18.2 Å². The van der Waals surface area contributed by atoms with E-state index in [1.165, 1.54) is 0 Å². The number of methoxy groups -OCH3 is 1. The van der Waals surface area contributed by atoms with Crippen LogP contribution in [-0.2, 0) is 6.54 Å².